The van der Waals surface area contributed by atoms with Crippen molar-refractivity contribution in [2.45, 2.75) is 19.4 Å². The molecule has 8 heteroatoms. The fraction of sp³-hybridized carbons (Fsp3) is 0.154. The fourth-order valence-corrected chi connectivity index (χ4v) is 3.36. The zero-order chi connectivity index (χ0) is 23.8. The van der Waals surface area contributed by atoms with Crippen LogP contribution in [0.4, 0.5) is 5.69 Å². The quantitative estimate of drug-likeness (QED) is 0.541. The van der Waals surface area contributed by atoms with Gasteiger partial charge in [0.05, 0.1) is 17.2 Å². The lowest BCUT2D eigenvalue weighted by Gasteiger charge is -2.10. The Bertz CT molecular complexity index is 1340. The second-order valence-electron chi connectivity index (χ2n) is 7.62. The lowest BCUT2D eigenvalue weighted by molar-refractivity contribution is -0.121. The zero-order valence-corrected chi connectivity index (χ0v) is 18.4. The van der Waals surface area contributed by atoms with Crippen molar-refractivity contribution in [1.29, 1.82) is 0 Å². The summed E-state index contributed by atoms with van der Waals surface area (Å²) in [5.74, 6) is 0.907. The predicted molar refractivity (Wildman–Crippen MR) is 130 cm³/mol. The molecule has 0 bridgehead atoms. The summed E-state index contributed by atoms with van der Waals surface area (Å²) in [5.41, 5.74) is 0.928. The van der Waals surface area contributed by atoms with E-state index in [0.29, 0.717) is 28.8 Å². The average Bonchev–Trinajstić information content (AvgIpc) is 3.11. The van der Waals surface area contributed by atoms with Crippen LogP contribution in [0.15, 0.2) is 95.8 Å². The van der Waals surface area contributed by atoms with E-state index in [2.05, 4.69) is 15.6 Å². The molecule has 0 fully saturated rings. The molecule has 0 spiro atoms. The van der Waals surface area contributed by atoms with Crippen molar-refractivity contribution in [1.82, 2.24) is 14.9 Å². The molecule has 1 aliphatic rings. The molecule has 0 unspecified atom stereocenters. The third kappa shape index (κ3) is 6.07. The van der Waals surface area contributed by atoms with Gasteiger partial charge >= 0.3 is 0 Å². The van der Waals surface area contributed by atoms with E-state index in [-0.39, 0.29) is 36.9 Å². The maximum Gasteiger partial charge on any atom is 0.261 e. The Morgan fingerprint density at radius 2 is 1.82 bits per heavy atom. The van der Waals surface area contributed by atoms with Gasteiger partial charge < -0.3 is 15.4 Å². The van der Waals surface area contributed by atoms with Crippen LogP contribution in [0.5, 0.6) is 5.75 Å². The Hall–Kier alpha value is -4.46. The summed E-state index contributed by atoms with van der Waals surface area (Å²) >= 11 is 0. The fourth-order valence-electron chi connectivity index (χ4n) is 3.36. The van der Waals surface area contributed by atoms with Crippen LogP contribution in [0.3, 0.4) is 0 Å². The number of carbonyl (C=O) groups excluding carboxylic acids is 2. The minimum atomic E-state index is -0.369. The van der Waals surface area contributed by atoms with E-state index < -0.39 is 0 Å². The van der Waals surface area contributed by atoms with Gasteiger partial charge in [0.1, 0.15) is 18.1 Å². The summed E-state index contributed by atoms with van der Waals surface area (Å²) in [6.45, 7) is -0.0153. The maximum atomic E-state index is 12.5. The number of nitrogens with zero attached hydrogens (tertiary/aromatic N) is 2. The van der Waals surface area contributed by atoms with Gasteiger partial charge in [-0.25, -0.2) is 4.98 Å². The Labute approximate surface area is 196 Å². The summed E-state index contributed by atoms with van der Waals surface area (Å²) in [6.07, 6.45) is 11.9. The van der Waals surface area contributed by atoms with Crippen molar-refractivity contribution in [2.75, 3.05) is 11.9 Å². The van der Waals surface area contributed by atoms with Gasteiger partial charge in [-0.3, -0.25) is 19.0 Å². The van der Waals surface area contributed by atoms with Crippen LogP contribution < -0.4 is 20.9 Å². The second kappa shape index (κ2) is 10.9. The Balaban J connectivity index is 1.22. The van der Waals surface area contributed by atoms with Gasteiger partial charge in [0.25, 0.3) is 5.56 Å². The maximum absolute atomic E-state index is 12.5. The molecule has 0 saturated carbocycles. The average molecular weight is 457 g/mol. The highest BCUT2D eigenvalue weighted by Gasteiger charge is 2.09. The summed E-state index contributed by atoms with van der Waals surface area (Å²) in [4.78, 5) is 41.1. The van der Waals surface area contributed by atoms with Crippen LogP contribution in [0.25, 0.3) is 10.9 Å². The van der Waals surface area contributed by atoms with E-state index >= 15 is 0 Å². The molecule has 0 aliphatic heterocycles. The number of benzene rings is 2. The van der Waals surface area contributed by atoms with Crippen LogP contribution in [0.1, 0.15) is 12.8 Å². The van der Waals surface area contributed by atoms with Gasteiger partial charge in [0, 0.05) is 25.1 Å². The zero-order valence-electron chi connectivity index (χ0n) is 18.4. The minimum Gasteiger partial charge on any atom is -0.461 e. The highest BCUT2D eigenvalue weighted by atomic mass is 16.5. The van der Waals surface area contributed by atoms with Crippen LogP contribution >= 0.6 is 0 Å². The monoisotopic (exact) mass is 456 g/mol. The van der Waals surface area contributed by atoms with Crippen molar-refractivity contribution in [3.05, 3.63) is 101 Å². The topological polar surface area (TPSA) is 102 Å². The Kier molecular flexibility index (Phi) is 7.29. The smallest absolute Gasteiger partial charge is 0.261 e. The molecule has 4 rings (SSSR count). The van der Waals surface area contributed by atoms with Crippen molar-refractivity contribution in [2.24, 2.45) is 0 Å². The molecule has 172 valence electrons. The number of para-hydroxylation sites is 1. The van der Waals surface area contributed by atoms with Gasteiger partial charge in [-0.15, -0.1) is 0 Å². The highest BCUT2D eigenvalue weighted by Crippen LogP contribution is 2.20. The molecule has 0 radical (unpaired) electrons. The van der Waals surface area contributed by atoms with Crippen molar-refractivity contribution >= 4 is 28.4 Å². The molecule has 2 N–H and O–H groups in total. The molecule has 2 aromatic carbocycles. The van der Waals surface area contributed by atoms with E-state index in [1.807, 2.05) is 30.4 Å². The Morgan fingerprint density at radius 1 is 1.00 bits per heavy atom. The molecular formula is C26H24N4O4. The summed E-state index contributed by atoms with van der Waals surface area (Å²) in [6, 6.07) is 14.0. The Morgan fingerprint density at radius 3 is 2.68 bits per heavy atom. The number of ether oxygens (including phenoxy) is 1. The van der Waals surface area contributed by atoms with Crippen molar-refractivity contribution in [3.8, 4) is 5.75 Å². The number of carbonyl (C=O) groups is 2. The third-order valence-corrected chi connectivity index (χ3v) is 5.07. The molecular weight excluding hydrogens is 432 g/mol. The molecule has 0 atom stereocenters. The van der Waals surface area contributed by atoms with Crippen molar-refractivity contribution in [3.63, 3.8) is 0 Å². The normalized spacial score (nSPS) is 12.6. The molecule has 1 aromatic heterocycles. The van der Waals surface area contributed by atoms with E-state index in [0.717, 1.165) is 5.76 Å². The molecule has 8 nitrogen and oxygen atoms in total. The number of hydrogen-bond donors (Lipinski definition) is 2. The molecule has 1 aliphatic carbocycles. The summed E-state index contributed by atoms with van der Waals surface area (Å²) < 4.78 is 7.09. The number of anilines is 1. The summed E-state index contributed by atoms with van der Waals surface area (Å²) in [5, 5.41) is 5.90. The van der Waals surface area contributed by atoms with E-state index in [1.54, 1.807) is 48.5 Å². The first kappa shape index (κ1) is 22.7. The van der Waals surface area contributed by atoms with E-state index in [1.165, 1.54) is 10.9 Å². The number of allylic oxidation sites excluding steroid dienone is 5. The number of hydrogen-bond acceptors (Lipinski definition) is 5. The number of nitrogens with one attached hydrogen (secondary N) is 2. The van der Waals surface area contributed by atoms with Gasteiger partial charge in [-0.05, 0) is 42.5 Å². The molecule has 2 amide bonds. The van der Waals surface area contributed by atoms with Gasteiger partial charge in [0.15, 0.2) is 0 Å². The van der Waals surface area contributed by atoms with E-state index in [4.69, 9.17) is 4.74 Å². The predicted octanol–water partition coefficient (Wildman–Crippen LogP) is 3.32. The van der Waals surface area contributed by atoms with Gasteiger partial charge in [0.2, 0.25) is 11.8 Å². The van der Waals surface area contributed by atoms with Crippen LogP contribution in [0.2, 0.25) is 0 Å². The standard InChI is InChI=1S/C26H24N4O4/c31-24(29-19-11-13-21(14-12-19)34-20-7-3-1-2-4-8-20)15-16-27-25(32)17-30-18-28-23-10-6-5-9-22(23)26(30)33/h1-7,9-14,18H,8,15-17H2,(H,27,32)(H,29,31). The molecule has 0 saturated heterocycles. The SMILES string of the molecule is O=C(Cn1cnc2ccccc2c1=O)NCCC(=O)Nc1ccc(OC2=CC=CC=CC2)cc1. The first-order chi connectivity index (χ1) is 16.6. The summed E-state index contributed by atoms with van der Waals surface area (Å²) in [7, 11) is 0. The lowest BCUT2D eigenvalue weighted by atomic mass is 10.2. The number of aromatic nitrogens is 2. The number of fused-ring (bicyclic) bond motifs is 1. The first-order valence-corrected chi connectivity index (χ1v) is 10.9. The third-order valence-electron chi connectivity index (χ3n) is 5.07. The molecule has 34 heavy (non-hydrogen) atoms. The number of rotatable bonds is 8. The molecule has 1 heterocycles. The van der Waals surface area contributed by atoms with Gasteiger partial charge in [-0.2, -0.15) is 0 Å². The second-order valence-corrected chi connectivity index (χ2v) is 7.62. The lowest BCUT2D eigenvalue weighted by Crippen LogP contribution is -2.34. The highest BCUT2D eigenvalue weighted by molar-refractivity contribution is 5.91. The largest absolute Gasteiger partial charge is 0.461 e. The van der Waals surface area contributed by atoms with Crippen LogP contribution in [-0.4, -0.2) is 27.9 Å². The van der Waals surface area contributed by atoms with Crippen LogP contribution in [-0.2, 0) is 16.1 Å². The molecule has 3 aromatic rings. The first-order valence-electron chi connectivity index (χ1n) is 10.9. The van der Waals surface area contributed by atoms with Crippen molar-refractivity contribution < 1.29 is 14.3 Å². The minimum absolute atomic E-state index is 0.0976. The van der Waals surface area contributed by atoms with E-state index in [9.17, 15) is 14.4 Å². The van der Waals surface area contributed by atoms with Crippen LogP contribution in [0, 0.1) is 0 Å². The number of amides is 2. The van der Waals surface area contributed by atoms with Gasteiger partial charge in [-0.1, -0.05) is 36.4 Å².